The summed E-state index contributed by atoms with van der Waals surface area (Å²) in [6, 6.07) is 26.0. The predicted molar refractivity (Wildman–Crippen MR) is 135 cm³/mol. The van der Waals surface area contributed by atoms with Crippen molar-refractivity contribution in [3.63, 3.8) is 0 Å². The van der Waals surface area contributed by atoms with Crippen LogP contribution in [-0.4, -0.2) is 30.5 Å². The Balaban J connectivity index is 1.34. The maximum absolute atomic E-state index is 12.6. The molecule has 0 aromatic heterocycles. The number of amides is 2. The number of esters is 1. The number of rotatable bonds is 7. The average molecular weight is 486 g/mol. The smallest absolute Gasteiger partial charge is 0.343 e. The first-order valence-electron chi connectivity index (χ1n) is 10.7. The Morgan fingerprint density at radius 3 is 2.40 bits per heavy atom. The minimum absolute atomic E-state index is 0.257. The van der Waals surface area contributed by atoms with Gasteiger partial charge < -0.3 is 10.1 Å². The molecule has 0 atom stereocenters. The van der Waals surface area contributed by atoms with Crippen molar-refractivity contribution in [1.29, 1.82) is 0 Å². The molecular weight excluding hydrogens is 466 g/mol. The Morgan fingerprint density at radius 1 is 0.857 bits per heavy atom. The second-order valence-electron chi connectivity index (χ2n) is 7.44. The number of hydrogen-bond donors (Lipinski definition) is 2. The third-order valence-corrected chi connectivity index (χ3v) is 5.29. The highest BCUT2D eigenvalue weighted by molar-refractivity contribution is 6.30. The molecule has 0 saturated heterocycles. The molecule has 0 fully saturated rings. The van der Waals surface area contributed by atoms with Crippen LogP contribution in [0.15, 0.2) is 96.1 Å². The molecule has 174 valence electrons. The second-order valence-corrected chi connectivity index (χ2v) is 7.87. The molecule has 0 radical (unpaired) electrons. The SMILES string of the molecule is O=C(CNC(=O)c1cccc2ccccc12)N/N=C/c1ccccc1OC(=O)c1ccc(Cl)cc1. The zero-order valence-corrected chi connectivity index (χ0v) is 19.2. The lowest BCUT2D eigenvalue weighted by molar-refractivity contribution is -0.120. The zero-order chi connectivity index (χ0) is 24.6. The molecule has 0 bridgehead atoms. The number of benzene rings is 4. The number of para-hydroxylation sites is 1. The van der Waals surface area contributed by atoms with Crippen molar-refractivity contribution in [3.8, 4) is 5.75 Å². The summed E-state index contributed by atoms with van der Waals surface area (Å²) in [6.07, 6.45) is 1.36. The van der Waals surface area contributed by atoms with Crippen molar-refractivity contribution in [2.75, 3.05) is 6.54 Å². The number of nitrogens with zero attached hydrogens (tertiary/aromatic N) is 1. The highest BCUT2D eigenvalue weighted by atomic mass is 35.5. The Kier molecular flexibility index (Phi) is 7.50. The standard InChI is InChI=1S/C27H20ClN3O4/c28-21-14-12-19(13-15-21)27(34)35-24-11-4-2-7-20(24)16-30-31-25(32)17-29-26(33)23-10-5-8-18-6-1-3-9-22(18)23/h1-16H,17H2,(H,29,33)(H,31,32)/b30-16+. The van der Waals surface area contributed by atoms with Gasteiger partial charge in [0.25, 0.3) is 11.8 Å². The molecule has 0 aliphatic heterocycles. The Labute approximate surface area is 206 Å². The summed E-state index contributed by atoms with van der Waals surface area (Å²) in [5, 5.41) is 8.75. The first-order valence-corrected chi connectivity index (χ1v) is 11.0. The molecule has 4 aromatic carbocycles. The molecule has 0 aliphatic carbocycles. The van der Waals surface area contributed by atoms with E-state index < -0.39 is 11.9 Å². The Hall–Kier alpha value is -4.49. The maximum Gasteiger partial charge on any atom is 0.343 e. The van der Waals surface area contributed by atoms with Crippen molar-refractivity contribution in [1.82, 2.24) is 10.7 Å². The Bertz CT molecular complexity index is 1410. The van der Waals surface area contributed by atoms with Gasteiger partial charge in [-0.15, -0.1) is 0 Å². The van der Waals surface area contributed by atoms with Gasteiger partial charge in [-0.25, -0.2) is 10.2 Å². The first-order chi connectivity index (χ1) is 17.0. The summed E-state index contributed by atoms with van der Waals surface area (Å²) in [7, 11) is 0. The minimum Gasteiger partial charge on any atom is -0.422 e. The number of hydrogen-bond acceptors (Lipinski definition) is 5. The fourth-order valence-electron chi connectivity index (χ4n) is 3.32. The van der Waals surface area contributed by atoms with E-state index >= 15 is 0 Å². The van der Waals surface area contributed by atoms with Gasteiger partial charge in [0.15, 0.2) is 0 Å². The van der Waals surface area contributed by atoms with Crippen LogP contribution in [0, 0.1) is 0 Å². The third-order valence-electron chi connectivity index (χ3n) is 5.04. The Morgan fingerprint density at radius 2 is 1.57 bits per heavy atom. The van der Waals surface area contributed by atoms with E-state index in [1.807, 2.05) is 30.3 Å². The lowest BCUT2D eigenvalue weighted by Crippen LogP contribution is -2.35. The van der Waals surface area contributed by atoms with E-state index in [1.165, 1.54) is 6.21 Å². The second kappa shape index (κ2) is 11.1. The van der Waals surface area contributed by atoms with Gasteiger partial charge in [-0.3, -0.25) is 9.59 Å². The number of ether oxygens (including phenoxy) is 1. The monoisotopic (exact) mass is 485 g/mol. The fraction of sp³-hybridized carbons (Fsp3) is 0.0370. The summed E-state index contributed by atoms with van der Waals surface area (Å²) < 4.78 is 5.45. The van der Waals surface area contributed by atoms with Crippen molar-refractivity contribution in [2.45, 2.75) is 0 Å². The molecule has 4 aromatic rings. The summed E-state index contributed by atoms with van der Waals surface area (Å²) in [6.45, 7) is -0.257. The molecule has 35 heavy (non-hydrogen) atoms. The number of hydrazone groups is 1. The molecule has 2 N–H and O–H groups in total. The molecule has 0 aliphatic rings. The van der Waals surface area contributed by atoms with E-state index in [-0.39, 0.29) is 18.2 Å². The van der Waals surface area contributed by atoms with Gasteiger partial charge in [-0.05, 0) is 53.2 Å². The molecule has 2 amide bonds. The molecule has 0 spiro atoms. The van der Waals surface area contributed by atoms with Crippen LogP contribution in [0.3, 0.4) is 0 Å². The zero-order valence-electron chi connectivity index (χ0n) is 18.4. The topological polar surface area (TPSA) is 96.9 Å². The van der Waals surface area contributed by atoms with Gasteiger partial charge in [-0.1, -0.05) is 60.1 Å². The van der Waals surface area contributed by atoms with Gasteiger partial charge in [-0.2, -0.15) is 5.10 Å². The normalized spacial score (nSPS) is 10.8. The number of carbonyl (C=O) groups is 3. The molecule has 0 saturated carbocycles. The van der Waals surface area contributed by atoms with Crippen LogP contribution in [0.4, 0.5) is 0 Å². The highest BCUT2D eigenvalue weighted by Gasteiger charge is 2.12. The van der Waals surface area contributed by atoms with Crippen LogP contribution >= 0.6 is 11.6 Å². The number of fused-ring (bicyclic) bond motifs is 1. The van der Waals surface area contributed by atoms with E-state index in [9.17, 15) is 14.4 Å². The van der Waals surface area contributed by atoms with E-state index in [1.54, 1.807) is 60.7 Å². The summed E-state index contributed by atoms with van der Waals surface area (Å²) >= 11 is 5.85. The molecular formula is C27H20ClN3O4. The highest BCUT2D eigenvalue weighted by Crippen LogP contribution is 2.19. The average Bonchev–Trinajstić information content (AvgIpc) is 2.88. The number of nitrogens with one attached hydrogen (secondary N) is 2. The third kappa shape index (κ3) is 6.10. The van der Waals surface area contributed by atoms with E-state index in [0.29, 0.717) is 21.7 Å². The van der Waals surface area contributed by atoms with Gasteiger partial charge in [0, 0.05) is 16.1 Å². The van der Waals surface area contributed by atoms with Gasteiger partial charge in [0.2, 0.25) is 0 Å². The van der Waals surface area contributed by atoms with Gasteiger partial charge in [0.05, 0.1) is 18.3 Å². The molecule has 7 nitrogen and oxygen atoms in total. The number of carbonyl (C=O) groups excluding carboxylic acids is 3. The van der Waals surface area contributed by atoms with Crippen LogP contribution in [0.1, 0.15) is 26.3 Å². The van der Waals surface area contributed by atoms with E-state index in [0.717, 1.165) is 10.8 Å². The van der Waals surface area contributed by atoms with Crippen LogP contribution in [0.5, 0.6) is 5.75 Å². The van der Waals surface area contributed by atoms with Crippen molar-refractivity contribution >= 4 is 46.4 Å². The van der Waals surface area contributed by atoms with Crippen LogP contribution in [-0.2, 0) is 4.79 Å². The maximum atomic E-state index is 12.6. The van der Waals surface area contributed by atoms with E-state index in [4.69, 9.17) is 16.3 Å². The van der Waals surface area contributed by atoms with Crippen molar-refractivity contribution in [3.05, 3.63) is 113 Å². The van der Waals surface area contributed by atoms with Crippen LogP contribution < -0.4 is 15.5 Å². The summed E-state index contributed by atoms with van der Waals surface area (Å²) in [4.78, 5) is 37.1. The van der Waals surface area contributed by atoms with E-state index in [2.05, 4.69) is 15.8 Å². The van der Waals surface area contributed by atoms with Crippen LogP contribution in [0.25, 0.3) is 10.8 Å². The summed E-state index contributed by atoms with van der Waals surface area (Å²) in [5.74, 6) is -1.15. The molecule has 4 rings (SSSR count). The van der Waals surface area contributed by atoms with Gasteiger partial charge in [0.1, 0.15) is 5.75 Å². The predicted octanol–water partition coefficient (Wildman–Crippen LogP) is 4.59. The lowest BCUT2D eigenvalue weighted by Gasteiger charge is -2.08. The minimum atomic E-state index is -0.553. The lowest BCUT2D eigenvalue weighted by atomic mass is 10.0. The first kappa shape index (κ1) is 23.7. The largest absolute Gasteiger partial charge is 0.422 e. The molecule has 8 heteroatoms. The van der Waals surface area contributed by atoms with Gasteiger partial charge >= 0.3 is 5.97 Å². The van der Waals surface area contributed by atoms with Crippen LogP contribution in [0.2, 0.25) is 5.02 Å². The quantitative estimate of drug-likeness (QED) is 0.173. The fourth-order valence-corrected chi connectivity index (χ4v) is 3.44. The number of halogens is 1. The molecule has 0 heterocycles. The van der Waals surface area contributed by atoms with Crippen molar-refractivity contribution in [2.24, 2.45) is 5.10 Å². The molecule has 0 unspecified atom stereocenters. The summed E-state index contributed by atoms with van der Waals surface area (Å²) in [5.41, 5.74) is 3.66. The van der Waals surface area contributed by atoms with Crippen molar-refractivity contribution < 1.29 is 19.1 Å².